The van der Waals surface area contributed by atoms with Gasteiger partial charge in [-0.3, -0.25) is 0 Å². The van der Waals surface area contributed by atoms with Gasteiger partial charge >= 0.3 is 45.5 Å². The van der Waals surface area contributed by atoms with Crippen LogP contribution in [0.3, 0.4) is 0 Å². The Bertz CT molecular complexity index is 13.5. The fraction of sp³-hybridized carbons (Fsp3) is 0.500. The van der Waals surface area contributed by atoms with Crippen LogP contribution in [-0.2, 0) is 4.79 Å². The van der Waals surface area contributed by atoms with E-state index in [-0.39, 0.29) is 45.5 Å². The van der Waals surface area contributed by atoms with Crippen LogP contribution in [0, 0.1) is 0 Å². The first-order chi connectivity index (χ1) is 1.41. The topological polar surface area (TPSA) is 17.1 Å². The third kappa shape index (κ3) is 11.0. The Kier molecular flexibility index (Phi) is 19.9. The first-order valence-electron chi connectivity index (χ1n) is 0.813. The number of rotatable bonds is 0. The SMILES string of the molecule is CC=O.[SrH2]. The van der Waals surface area contributed by atoms with E-state index in [2.05, 4.69) is 0 Å². The molecule has 2 heteroatoms. The van der Waals surface area contributed by atoms with Gasteiger partial charge in [0.1, 0.15) is 6.29 Å². The van der Waals surface area contributed by atoms with Gasteiger partial charge in [-0.25, -0.2) is 0 Å². The van der Waals surface area contributed by atoms with E-state index in [1.54, 1.807) is 0 Å². The molecule has 0 saturated carbocycles. The average Bonchev–Trinajstić information content (AvgIpc) is 0.918. The summed E-state index contributed by atoms with van der Waals surface area (Å²) in [5.41, 5.74) is 0. The molecule has 0 bridgehead atoms. The van der Waals surface area contributed by atoms with Gasteiger partial charge < -0.3 is 4.79 Å². The Labute approximate surface area is 62.7 Å². The molecule has 22 valence electrons. The Hall–Kier alpha value is 1.15. The fourth-order valence-corrected chi connectivity index (χ4v) is 0. The van der Waals surface area contributed by atoms with Gasteiger partial charge in [0.05, 0.1) is 0 Å². The molecule has 0 rings (SSSR count). The van der Waals surface area contributed by atoms with Gasteiger partial charge in [-0.05, 0) is 6.92 Å². The van der Waals surface area contributed by atoms with Crippen LogP contribution < -0.4 is 0 Å². The minimum atomic E-state index is 0. The molecule has 1 nitrogen and oxygen atoms in total. The van der Waals surface area contributed by atoms with Crippen molar-refractivity contribution in [2.45, 2.75) is 6.92 Å². The van der Waals surface area contributed by atoms with Crippen LogP contribution in [0.25, 0.3) is 0 Å². The van der Waals surface area contributed by atoms with Crippen LogP contribution in [-0.4, -0.2) is 51.8 Å². The summed E-state index contributed by atoms with van der Waals surface area (Å²) in [5, 5.41) is 0. The van der Waals surface area contributed by atoms with E-state index in [1.165, 1.54) is 6.92 Å². The molecule has 0 N–H and O–H groups in total. The average molecular weight is 134 g/mol. The van der Waals surface area contributed by atoms with Gasteiger partial charge in [0.25, 0.3) is 0 Å². The minimum absolute atomic E-state index is 0. The Morgan fingerprint density at radius 3 is 1.75 bits per heavy atom. The molecule has 0 unspecified atom stereocenters. The molecule has 0 aliphatic heterocycles. The van der Waals surface area contributed by atoms with E-state index >= 15 is 0 Å². The standard InChI is InChI=1S/C2H4O.Sr.2H/c1-2-3;;;/h2H,1H3;;;. The van der Waals surface area contributed by atoms with Crippen molar-refractivity contribution in [2.24, 2.45) is 0 Å². The predicted octanol–water partition coefficient (Wildman–Crippen LogP) is -0.711. The maximum absolute atomic E-state index is 8.81. The number of carbonyl (C=O) groups is 1. The van der Waals surface area contributed by atoms with Crippen LogP contribution in [0.1, 0.15) is 6.92 Å². The van der Waals surface area contributed by atoms with Crippen LogP contribution >= 0.6 is 0 Å². The van der Waals surface area contributed by atoms with Gasteiger partial charge in [-0.1, -0.05) is 0 Å². The monoisotopic (exact) mass is 134 g/mol. The Balaban J connectivity index is 0. The van der Waals surface area contributed by atoms with Crippen LogP contribution in [0.5, 0.6) is 0 Å². The summed E-state index contributed by atoms with van der Waals surface area (Å²) < 4.78 is 0. The second-order valence-corrected chi connectivity index (χ2v) is 0.236. The molecule has 0 aliphatic carbocycles. The molecule has 4 heavy (non-hydrogen) atoms. The molecular weight excluding hydrogens is 128 g/mol. The van der Waals surface area contributed by atoms with Crippen LogP contribution in [0.4, 0.5) is 0 Å². The molecule has 0 aromatic rings. The van der Waals surface area contributed by atoms with E-state index in [0.29, 0.717) is 0 Å². The van der Waals surface area contributed by atoms with Crippen molar-refractivity contribution in [2.75, 3.05) is 0 Å². The zero-order valence-electron chi connectivity index (χ0n) is 1.99. The second kappa shape index (κ2) is 8.91. The molecule has 0 spiro atoms. The number of hydrogen-bond acceptors (Lipinski definition) is 1. The molecule has 0 heterocycles. The maximum atomic E-state index is 8.81. The predicted molar refractivity (Wildman–Crippen MR) is 20.3 cm³/mol. The molecule has 0 radical (unpaired) electrons. The zero-order chi connectivity index (χ0) is 2.71. The fourth-order valence-electron chi connectivity index (χ4n) is 0. The van der Waals surface area contributed by atoms with Crippen LogP contribution in [0.15, 0.2) is 0 Å². The third-order valence-corrected chi connectivity index (χ3v) is 0. The van der Waals surface area contributed by atoms with Crippen LogP contribution in [0.2, 0.25) is 0 Å². The molecule has 0 aromatic carbocycles. The molecule has 0 aromatic heterocycles. The number of carbonyl (C=O) groups excluding carboxylic acids is 1. The summed E-state index contributed by atoms with van der Waals surface area (Å²) in [6.45, 7) is 1.44. The Morgan fingerprint density at radius 1 is 1.75 bits per heavy atom. The summed E-state index contributed by atoms with van der Waals surface area (Å²) in [5.74, 6) is 0. The van der Waals surface area contributed by atoms with Crippen molar-refractivity contribution in [1.29, 1.82) is 0 Å². The molecule has 0 saturated heterocycles. The molecule has 0 atom stereocenters. The number of hydrogen-bond donors (Lipinski definition) is 0. The van der Waals surface area contributed by atoms with Gasteiger partial charge in [0, 0.05) is 0 Å². The van der Waals surface area contributed by atoms with E-state index in [9.17, 15) is 0 Å². The normalized spacial score (nSPS) is 3.25. The zero-order valence-corrected chi connectivity index (χ0v) is 1.99. The summed E-state index contributed by atoms with van der Waals surface area (Å²) in [7, 11) is 0. The van der Waals surface area contributed by atoms with Gasteiger partial charge in [-0.15, -0.1) is 0 Å². The van der Waals surface area contributed by atoms with Crippen molar-refractivity contribution in [3.8, 4) is 0 Å². The summed E-state index contributed by atoms with van der Waals surface area (Å²) in [4.78, 5) is 8.81. The van der Waals surface area contributed by atoms with Gasteiger partial charge in [0.15, 0.2) is 0 Å². The molecular formula is C2H6OSr. The van der Waals surface area contributed by atoms with Gasteiger partial charge in [-0.2, -0.15) is 0 Å². The van der Waals surface area contributed by atoms with Crippen molar-refractivity contribution >= 4 is 51.8 Å². The summed E-state index contributed by atoms with van der Waals surface area (Å²) in [6, 6.07) is 0. The van der Waals surface area contributed by atoms with Crippen molar-refractivity contribution in [3.63, 3.8) is 0 Å². The third-order valence-electron chi connectivity index (χ3n) is 0. The van der Waals surface area contributed by atoms with E-state index in [1.807, 2.05) is 0 Å². The quantitative estimate of drug-likeness (QED) is 0.315. The van der Waals surface area contributed by atoms with Crippen molar-refractivity contribution in [1.82, 2.24) is 0 Å². The molecule has 0 aliphatic rings. The van der Waals surface area contributed by atoms with Crippen molar-refractivity contribution < 1.29 is 4.79 Å². The first-order valence-corrected chi connectivity index (χ1v) is 0.813. The van der Waals surface area contributed by atoms with E-state index < -0.39 is 0 Å². The number of aldehydes is 1. The molecule has 0 amide bonds. The van der Waals surface area contributed by atoms with Gasteiger partial charge in [0.2, 0.25) is 0 Å². The first kappa shape index (κ1) is 8.94. The summed E-state index contributed by atoms with van der Waals surface area (Å²) in [6.07, 6.45) is 0.750. The Morgan fingerprint density at radius 2 is 1.75 bits per heavy atom. The van der Waals surface area contributed by atoms with Crippen molar-refractivity contribution in [3.05, 3.63) is 0 Å². The van der Waals surface area contributed by atoms with E-state index in [0.717, 1.165) is 6.29 Å². The molecule has 0 fully saturated rings. The second-order valence-electron chi connectivity index (χ2n) is 0.236. The summed E-state index contributed by atoms with van der Waals surface area (Å²) >= 11 is 0. The van der Waals surface area contributed by atoms with E-state index in [4.69, 9.17) is 4.79 Å².